The highest BCUT2D eigenvalue weighted by atomic mass is 16.6. The Morgan fingerprint density at radius 2 is 1.01 bits per heavy atom. The van der Waals surface area contributed by atoms with E-state index in [1.54, 1.807) is 83.2 Å². The van der Waals surface area contributed by atoms with E-state index in [2.05, 4.69) is 52.2 Å². The Kier molecular flexibility index (Phi) is 25.6. The molecule has 1 aliphatic rings. The lowest BCUT2D eigenvalue weighted by Crippen LogP contribution is -2.61. The smallest absolute Gasteiger partial charge is 0.410 e. The van der Waals surface area contributed by atoms with Crippen molar-refractivity contribution in [3.63, 3.8) is 0 Å². The number of aromatic nitrogens is 5. The van der Waals surface area contributed by atoms with Gasteiger partial charge in [0, 0.05) is 81.4 Å². The van der Waals surface area contributed by atoms with Crippen LogP contribution in [-0.4, -0.2) is 144 Å². The number of hydrogen-bond donors (Lipinski definition) is 8. The van der Waals surface area contributed by atoms with Gasteiger partial charge in [-0.25, -0.2) is 14.8 Å². The quantitative estimate of drug-likeness (QED) is 0.0202. The number of H-pyrrole nitrogens is 1. The minimum atomic E-state index is -1.58. The summed E-state index contributed by atoms with van der Waals surface area (Å²) in [7, 11) is 0. The van der Waals surface area contributed by atoms with Gasteiger partial charge >= 0.3 is 6.09 Å². The molecule has 0 aliphatic carbocycles. The molecular weight excluding hydrogens is 1290 g/mol. The first-order valence-electron chi connectivity index (χ1n) is 34.4. The van der Waals surface area contributed by atoms with Crippen LogP contribution >= 0.6 is 0 Å². The average Bonchev–Trinajstić information content (AvgIpc) is 1.62. The zero-order valence-electron chi connectivity index (χ0n) is 58.0. The number of para-hydroxylation sites is 1. The number of likely N-dealkylation sites (N-methyl/N-ethyl adjacent to an activating group) is 1. The predicted molar refractivity (Wildman–Crippen MR) is 384 cm³/mol. The van der Waals surface area contributed by atoms with Crippen LogP contribution in [0.2, 0.25) is 0 Å². The number of nitrogens with zero attached hydrogens (tertiary/aromatic N) is 5. The number of ether oxygens (including phenoxy) is 3. The van der Waals surface area contributed by atoms with Crippen molar-refractivity contribution in [2.24, 2.45) is 0 Å². The van der Waals surface area contributed by atoms with Crippen molar-refractivity contribution in [3.05, 3.63) is 246 Å². The lowest BCUT2D eigenvalue weighted by atomic mass is 10.0. The second-order valence-electron chi connectivity index (χ2n) is 26.4. The summed E-state index contributed by atoms with van der Waals surface area (Å²) < 4.78 is 21.7. The number of amides is 8. The molecule has 9 aromatic rings. The van der Waals surface area contributed by atoms with Crippen LogP contribution in [0.1, 0.15) is 92.2 Å². The van der Waals surface area contributed by atoms with E-state index in [-0.39, 0.29) is 51.9 Å². The summed E-state index contributed by atoms with van der Waals surface area (Å²) >= 11 is 0. The number of imidazole rings is 2. The second-order valence-corrected chi connectivity index (χ2v) is 26.4. The molecule has 6 aromatic carbocycles. The fourth-order valence-electron chi connectivity index (χ4n) is 12.0. The summed E-state index contributed by atoms with van der Waals surface area (Å²) in [5.41, 5.74) is 5.68. The molecule has 102 heavy (non-hydrogen) atoms. The number of nitrogens with one attached hydrogen (secondary N) is 8. The molecule has 10 rings (SSSR count). The summed E-state index contributed by atoms with van der Waals surface area (Å²) in [6.07, 6.45) is 8.03. The highest BCUT2D eigenvalue weighted by molar-refractivity contribution is 5.98. The highest BCUT2D eigenvalue weighted by Gasteiger charge is 2.40. The Bertz CT molecular complexity index is 4260. The van der Waals surface area contributed by atoms with Crippen LogP contribution in [0.3, 0.4) is 0 Å². The fraction of sp³-hybridized carbons (Fsp3) is 0.333. The summed E-state index contributed by atoms with van der Waals surface area (Å²) in [5, 5.41) is 20.8. The van der Waals surface area contributed by atoms with Gasteiger partial charge in [-0.15, -0.1) is 0 Å². The zero-order valence-corrected chi connectivity index (χ0v) is 58.0. The number of rotatable bonds is 33. The molecule has 24 heteroatoms. The normalized spacial score (nSPS) is 14.6. The highest BCUT2D eigenvalue weighted by Crippen LogP contribution is 2.24. The third-order valence-electron chi connectivity index (χ3n) is 17.2. The summed E-state index contributed by atoms with van der Waals surface area (Å²) in [6, 6.07) is 43.4. The summed E-state index contributed by atoms with van der Waals surface area (Å²) in [5.74, 6) is -4.51. The average molecular weight is 1380 g/mol. The number of hydrogen-bond acceptors (Lipinski definition) is 13. The number of benzene rings is 6. The van der Waals surface area contributed by atoms with Crippen LogP contribution in [0.4, 0.5) is 4.79 Å². The first-order valence-corrected chi connectivity index (χ1v) is 34.4. The molecule has 1 saturated heterocycles. The maximum atomic E-state index is 15.6. The second kappa shape index (κ2) is 35.6. The van der Waals surface area contributed by atoms with Crippen molar-refractivity contribution in [2.75, 3.05) is 19.7 Å². The number of likely N-dealkylation sites (tertiary alicyclic amines) is 1. The van der Waals surface area contributed by atoms with Crippen molar-refractivity contribution in [2.45, 2.75) is 147 Å². The molecular formula is C78H89N13O11. The van der Waals surface area contributed by atoms with Gasteiger partial charge in [0.25, 0.3) is 0 Å². The van der Waals surface area contributed by atoms with Gasteiger partial charge in [0.2, 0.25) is 41.4 Å². The largest absolute Gasteiger partial charge is 0.489 e. The van der Waals surface area contributed by atoms with Crippen LogP contribution < -0.4 is 42.0 Å². The maximum Gasteiger partial charge on any atom is 0.410 e. The molecule has 7 atom stereocenters. The molecule has 0 spiro atoms. The van der Waals surface area contributed by atoms with Gasteiger partial charge in [-0.05, 0) is 99.0 Å². The van der Waals surface area contributed by atoms with Gasteiger partial charge in [-0.3, -0.25) is 38.5 Å². The van der Waals surface area contributed by atoms with Gasteiger partial charge in [-0.2, -0.15) is 0 Å². The number of fused-ring (bicyclic) bond motifs is 1. The minimum absolute atomic E-state index is 0.00369. The minimum Gasteiger partial charge on any atom is -0.489 e. The maximum absolute atomic E-state index is 15.6. The van der Waals surface area contributed by atoms with Crippen molar-refractivity contribution < 1.29 is 52.6 Å². The molecule has 4 heterocycles. The van der Waals surface area contributed by atoms with Gasteiger partial charge in [0.15, 0.2) is 0 Å². The van der Waals surface area contributed by atoms with Gasteiger partial charge in [0.1, 0.15) is 60.3 Å². The first kappa shape index (κ1) is 73.3. The van der Waals surface area contributed by atoms with E-state index in [0.29, 0.717) is 54.3 Å². The Labute approximate surface area is 593 Å². The first-order chi connectivity index (χ1) is 49.3. The van der Waals surface area contributed by atoms with Crippen molar-refractivity contribution in [3.8, 4) is 5.75 Å². The van der Waals surface area contributed by atoms with Crippen LogP contribution in [-0.2, 0) is 95.0 Å². The van der Waals surface area contributed by atoms with Crippen LogP contribution in [0.15, 0.2) is 201 Å². The molecule has 8 N–H and O–H groups in total. The monoisotopic (exact) mass is 1380 g/mol. The molecule has 1 fully saturated rings. The molecule has 532 valence electrons. The number of aromatic amines is 1. The third kappa shape index (κ3) is 21.6. The van der Waals surface area contributed by atoms with Crippen LogP contribution in [0.25, 0.3) is 10.9 Å². The Morgan fingerprint density at radius 3 is 1.57 bits per heavy atom. The van der Waals surface area contributed by atoms with E-state index in [9.17, 15) is 19.2 Å². The molecule has 24 nitrogen and oxygen atoms in total. The van der Waals surface area contributed by atoms with Crippen molar-refractivity contribution in [1.29, 1.82) is 0 Å². The number of carbonyl (C=O) groups is 8. The fourth-order valence-corrected chi connectivity index (χ4v) is 12.0. The predicted octanol–water partition coefficient (Wildman–Crippen LogP) is 7.19. The van der Waals surface area contributed by atoms with Gasteiger partial charge < -0.3 is 65.5 Å². The molecule has 0 saturated carbocycles. The Balaban J connectivity index is 0.970. The molecule has 3 aromatic heterocycles. The van der Waals surface area contributed by atoms with E-state index in [1.807, 2.05) is 155 Å². The zero-order chi connectivity index (χ0) is 72.0. The van der Waals surface area contributed by atoms with Crippen molar-refractivity contribution >= 4 is 58.3 Å². The van der Waals surface area contributed by atoms with Crippen LogP contribution in [0, 0.1) is 0 Å². The lowest BCUT2D eigenvalue weighted by molar-refractivity contribution is -0.136. The molecule has 0 bridgehead atoms. The van der Waals surface area contributed by atoms with Crippen LogP contribution in [0.5, 0.6) is 5.75 Å². The van der Waals surface area contributed by atoms with Crippen molar-refractivity contribution in [1.82, 2.24) is 66.2 Å². The van der Waals surface area contributed by atoms with Gasteiger partial charge in [-0.1, -0.05) is 152 Å². The molecule has 0 radical (unpaired) electrons. The molecule has 0 unspecified atom stereocenters. The summed E-state index contributed by atoms with van der Waals surface area (Å²) in [6.45, 7) is 9.75. The Hall–Kier alpha value is -11.4. The third-order valence-corrected chi connectivity index (χ3v) is 17.2. The Morgan fingerprint density at radius 1 is 0.529 bits per heavy atom. The summed E-state index contributed by atoms with van der Waals surface area (Å²) in [4.78, 5) is 131. The standard InChI is InChI=1S/C78H89N13O11/c1-6-79-70(92)52(2)83-71(93)65(39-58-42-80-63-31-20-19-30-62(58)63)85-72(94)64(38-53-33-35-61(36-34-53)101-48-57-28-17-10-18-29-57)84-75(97)68(49-100-47-56-26-15-9-16-27-56)88-74(96)66(40-59-45-89(50-81-59)43-54-22-11-7-12-23-54)86-73(95)67(41-60-46-90(51-82-60)44-55-24-13-8-14-25-55)87-76(98)69-32-21-37-91(69)77(99)102-78(3,4)5/h7-20,22-31,33-36,42,45-46,50-52,64-69,80H,6,21,32,37-41,43-44,47-49H2,1-5H3,(H,79,92)(H,83,93)(H,84,97)(H,85,94)(H,86,95)(H,87,98)(H,88,96)/t52-,64+,65+,66+,67+,68+,69+/m1/s1. The SMILES string of the molecule is CCNC(=O)[C@@H](C)NC(=O)[C@H](Cc1c[nH]c2ccccc12)NC(=O)[C@H](Cc1ccc(OCc2ccccc2)cc1)NC(=O)[C@H](COCc1ccccc1)NC(=O)[C@H](Cc1cn(Cc2ccccc2)cn1)NC(=O)[C@H](Cc1cn(Cc2ccccc2)cn1)NC(=O)[C@@H]1CCCN1C(=O)OC(C)(C)C. The molecule has 1 aliphatic heterocycles. The number of carbonyl (C=O) groups excluding carboxylic acids is 8. The topological polar surface area (TPSA) is 303 Å². The van der Waals surface area contributed by atoms with Gasteiger partial charge in [0.05, 0.1) is 37.3 Å². The van der Waals surface area contributed by atoms with E-state index in [1.165, 1.54) is 11.8 Å². The van der Waals surface area contributed by atoms with E-state index < -0.39 is 102 Å². The lowest BCUT2D eigenvalue weighted by Gasteiger charge is -2.29. The van der Waals surface area contributed by atoms with E-state index >= 15 is 19.2 Å². The molecule has 8 amide bonds. The van der Waals surface area contributed by atoms with E-state index in [0.717, 1.165) is 33.2 Å². The van der Waals surface area contributed by atoms with E-state index in [4.69, 9.17) is 14.2 Å².